The van der Waals surface area contributed by atoms with E-state index in [9.17, 15) is 25.2 Å². The fourth-order valence-corrected chi connectivity index (χ4v) is 2.58. The third-order valence-electron chi connectivity index (χ3n) is 3.96. The maximum atomic E-state index is 12.8. The summed E-state index contributed by atoms with van der Waals surface area (Å²) < 4.78 is 0. The van der Waals surface area contributed by atoms with Crippen molar-refractivity contribution in [2.75, 3.05) is 0 Å². The van der Waals surface area contributed by atoms with Gasteiger partial charge in [-0.05, 0) is 0 Å². The van der Waals surface area contributed by atoms with Crippen LogP contribution in [-0.2, 0) is 0 Å². The van der Waals surface area contributed by atoms with Crippen molar-refractivity contribution in [3.8, 4) is 11.5 Å². The van der Waals surface area contributed by atoms with Gasteiger partial charge in [0.2, 0.25) is 0 Å². The van der Waals surface area contributed by atoms with Gasteiger partial charge in [-0.25, -0.2) is 0 Å². The van der Waals surface area contributed by atoms with Crippen LogP contribution in [0.25, 0.3) is 0 Å². The number of benzene rings is 1. The minimum absolute atomic E-state index is 0.00601. The average molecular weight is 304 g/mol. The van der Waals surface area contributed by atoms with Gasteiger partial charge in [0, 0.05) is 0 Å². The first-order valence-corrected chi connectivity index (χ1v) is 6.95. The van der Waals surface area contributed by atoms with Crippen LogP contribution in [0.15, 0.2) is 28.9 Å². The van der Waals surface area contributed by atoms with E-state index in [1.54, 1.807) is 12.9 Å². The summed E-state index contributed by atoms with van der Waals surface area (Å²) in [5.74, 6) is -0.301. The summed E-state index contributed by atoms with van der Waals surface area (Å²) in [5.41, 5.74) is 0.335. The molecule has 0 saturated carbocycles. The predicted octanol–water partition coefficient (Wildman–Crippen LogP) is -0.736. The Morgan fingerprint density at radius 3 is 2.52 bits per heavy atom. The molecule has 1 heterocycles. The van der Waals surface area contributed by atoms with Gasteiger partial charge in [-0.15, -0.1) is 0 Å². The maximum absolute atomic E-state index is 12.8. The number of Topliss-reactive ketones (excluding diaryl/α,β-unsaturated/α-hetero) is 1. The molecule has 23 heavy (non-hydrogen) atoms. The van der Waals surface area contributed by atoms with Gasteiger partial charge in [-0.3, -0.25) is 0 Å². The molecule has 1 aliphatic carbocycles. The number of carbonyl (C=O) groups is 1. The van der Waals surface area contributed by atoms with Crippen LogP contribution in [-0.4, -0.2) is 60.9 Å². The van der Waals surface area contributed by atoms with Crippen LogP contribution >= 0.6 is 0 Å². The zero-order chi connectivity index (χ0) is 16.9. The Bertz CT molecular complexity index is 804. The Kier molecular flexibility index (Phi) is 3.72. The molecule has 0 fully saturated rings. The number of ketones is 1. The van der Waals surface area contributed by atoms with Crippen LogP contribution in [0.1, 0.15) is 28.2 Å². The van der Waals surface area contributed by atoms with Crippen molar-refractivity contribution in [3.05, 3.63) is 40.1 Å². The number of aliphatic hydroxyl groups is 2. The van der Waals surface area contributed by atoms with Gasteiger partial charge < -0.3 is 0 Å². The van der Waals surface area contributed by atoms with Gasteiger partial charge in [0.15, 0.2) is 0 Å². The van der Waals surface area contributed by atoms with Crippen molar-refractivity contribution in [2.24, 2.45) is 0 Å². The molecule has 0 saturated heterocycles. The van der Waals surface area contributed by atoms with Crippen LogP contribution < -0.4 is 5.46 Å². The number of phenols is 2. The second kappa shape index (κ2) is 5.46. The van der Waals surface area contributed by atoms with Crippen molar-refractivity contribution in [1.29, 1.82) is 0 Å². The van der Waals surface area contributed by atoms with E-state index in [1.165, 1.54) is 6.07 Å². The number of rotatable bonds is 3. The van der Waals surface area contributed by atoms with Gasteiger partial charge in [0.1, 0.15) is 0 Å². The zero-order valence-electron chi connectivity index (χ0n) is 12.0. The Labute approximate surface area is 135 Å². The summed E-state index contributed by atoms with van der Waals surface area (Å²) in [7, 11) is 11.6. The molecular formula is C15H11B3O5. The van der Waals surface area contributed by atoms with Crippen LogP contribution in [0.3, 0.4) is 0 Å². The summed E-state index contributed by atoms with van der Waals surface area (Å²) >= 11 is 0. The standard InChI is InChI=1S/C15H11B3O5/c16-7-3-10(20)9(19)1-5(7)14(22)12-6(8-4-18-8)2-11(21)15(23)13(12)17/h1-2,4,8,10,19-21,23H,3H2. The molecule has 0 spiro atoms. The molecule has 2 unspecified atom stereocenters. The molecule has 8 heteroatoms. The van der Waals surface area contributed by atoms with Crippen LogP contribution in [0, 0.1) is 0 Å². The first-order valence-electron chi connectivity index (χ1n) is 6.95. The molecule has 0 aromatic heterocycles. The van der Waals surface area contributed by atoms with E-state index in [2.05, 4.69) is 0 Å². The molecule has 0 bridgehead atoms. The van der Waals surface area contributed by atoms with Crippen molar-refractivity contribution in [1.82, 2.24) is 0 Å². The van der Waals surface area contributed by atoms with Crippen molar-refractivity contribution in [2.45, 2.75) is 18.3 Å². The predicted molar refractivity (Wildman–Crippen MR) is 88.2 cm³/mol. The quantitative estimate of drug-likeness (QED) is 0.335. The van der Waals surface area contributed by atoms with E-state index in [1.807, 2.05) is 0 Å². The Hall–Kier alpha value is -2.21. The topological polar surface area (TPSA) is 98.0 Å². The molecule has 1 aromatic rings. The SMILES string of the molecule is [B]C1=C(C(=O)c2c(C3B=C3)cc(O)c(O)c2[B])C=C(O)C(O)C1. The van der Waals surface area contributed by atoms with Gasteiger partial charge in [0.25, 0.3) is 0 Å². The summed E-state index contributed by atoms with van der Waals surface area (Å²) in [5, 5.41) is 38.7. The number of aliphatic hydroxyl groups excluding tert-OH is 2. The number of allylic oxidation sites excluding steroid dienone is 2. The summed E-state index contributed by atoms with van der Waals surface area (Å²) in [6.45, 7) is 1.80. The Morgan fingerprint density at radius 2 is 1.91 bits per heavy atom. The van der Waals surface area contributed by atoms with E-state index in [0.29, 0.717) is 5.56 Å². The summed E-state index contributed by atoms with van der Waals surface area (Å²) in [6.07, 6.45) is -0.134. The van der Waals surface area contributed by atoms with Crippen molar-refractivity contribution in [3.63, 3.8) is 0 Å². The van der Waals surface area contributed by atoms with Crippen LogP contribution in [0.2, 0.25) is 0 Å². The zero-order valence-corrected chi connectivity index (χ0v) is 12.0. The molecule has 3 rings (SSSR count). The molecular weight excluding hydrogens is 293 g/mol. The van der Waals surface area contributed by atoms with Crippen molar-refractivity contribution >= 4 is 39.8 Å². The van der Waals surface area contributed by atoms with E-state index in [0.717, 1.165) is 6.08 Å². The van der Waals surface area contributed by atoms with E-state index >= 15 is 0 Å². The second-order valence-electron chi connectivity index (χ2n) is 5.59. The number of hydrogen-bond donors (Lipinski definition) is 4. The first-order chi connectivity index (χ1) is 10.8. The average Bonchev–Trinajstić information content (AvgIpc) is 3.32. The van der Waals surface area contributed by atoms with E-state index < -0.39 is 23.4 Å². The summed E-state index contributed by atoms with van der Waals surface area (Å²) in [6, 6.07) is 1.28. The minimum atomic E-state index is -1.15. The number of phenolic OH excluding ortho intramolecular Hbond substituents is 2. The third kappa shape index (κ3) is 2.63. The van der Waals surface area contributed by atoms with E-state index in [4.69, 9.17) is 15.7 Å². The van der Waals surface area contributed by atoms with Gasteiger partial charge in [-0.1, -0.05) is 0 Å². The molecule has 1 aliphatic heterocycles. The van der Waals surface area contributed by atoms with Crippen LogP contribution in [0.4, 0.5) is 0 Å². The third-order valence-corrected chi connectivity index (χ3v) is 3.96. The van der Waals surface area contributed by atoms with Gasteiger partial charge in [0.05, 0.1) is 0 Å². The molecule has 2 atom stereocenters. The normalized spacial score (nSPS) is 22.6. The van der Waals surface area contributed by atoms with Gasteiger partial charge in [-0.2, -0.15) is 0 Å². The van der Waals surface area contributed by atoms with Crippen LogP contribution in [0.5, 0.6) is 11.5 Å². The first kappa shape index (κ1) is 15.7. The van der Waals surface area contributed by atoms with E-state index in [-0.39, 0.29) is 40.1 Å². The fourth-order valence-electron chi connectivity index (χ4n) is 2.58. The number of aromatic hydroxyl groups is 2. The molecule has 1 aromatic carbocycles. The van der Waals surface area contributed by atoms with Crippen molar-refractivity contribution < 1.29 is 25.2 Å². The Morgan fingerprint density at radius 1 is 1.26 bits per heavy atom. The monoisotopic (exact) mass is 304 g/mol. The van der Waals surface area contributed by atoms with Gasteiger partial charge >= 0.3 is 135 Å². The second-order valence-corrected chi connectivity index (χ2v) is 5.59. The molecule has 110 valence electrons. The number of hydrogen-bond acceptors (Lipinski definition) is 5. The summed E-state index contributed by atoms with van der Waals surface area (Å²) in [4.78, 5) is 12.8. The molecule has 0 amide bonds. The Balaban J connectivity index is 2.14. The molecule has 2 aliphatic rings. The fraction of sp³-hybridized carbons (Fsp3) is 0.200. The number of carbonyl (C=O) groups excluding carboxylic acids is 1. The molecule has 4 radical (unpaired) electrons. The molecule has 4 N–H and O–H groups in total. The molecule has 5 nitrogen and oxygen atoms in total.